The van der Waals surface area contributed by atoms with Crippen molar-refractivity contribution in [3.63, 3.8) is 0 Å². The van der Waals surface area contributed by atoms with Gasteiger partial charge in [-0.1, -0.05) is 42.2 Å². The number of hydrogen-bond donors (Lipinski definition) is 1. The fraction of sp³-hybridized carbons (Fsp3) is 0.357. The summed E-state index contributed by atoms with van der Waals surface area (Å²) in [4.78, 5) is 24.8. The van der Waals surface area contributed by atoms with E-state index in [4.69, 9.17) is 12.2 Å². The first-order valence-corrected chi connectivity index (χ1v) is 7.88. The van der Waals surface area contributed by atoms with Gasteiger partial charge in [0.05, 0.1) is 5.75 Å². The first kappa shape index (κ1) is 15.0. The minimum absolute atomic E-state index is 0.000833. The third kappa shape index (κ3) is 4.31. The largest absolute Gasteiger partial charge is 0.326 e. The third-order valence-electron chi connectivity index (χ3n) is 2.93. The summed E-state index contributed by atoms with van der Waals surface area (Å²) < 4.78 is 0.656. The molecular weight excluding hydrogens is 292 g/mol. The molecule has 0 saturated carbocycles. The van der Waals surface area contributed by atoms with E-state index in [0.717, 1.165) is 18.5 Å². The van der Waals surface area contributed by atoms with Gasteiger partial charge in [0.1, 0.15) is 4.32 Å². The minimum atomic E-state index is 0.000833. The van der Waals surface area contributed by atoms with Crippen LogP contribution in [0.5, 0.6) is 0 Å². The molecule has 1 aliphatic heterocycles. The van der Waals surface area contributed by atoms with Crippen molar-refractivity contribution in [1.29, 1.82) is 0 Å². The second-order valence-corrected chi connectivity index (χ2v) is 6.08. The summed E-state index contributed by atoms with van der Waals surface area (Å²) in [7, 11) is 0. The lowest BCUT2D eigenvalue weighted by atomic mass is 10.2. The van der Waals surface area contributed by atoms with Crippen molar-refractivity contribution in [3.05, 3.63) is 30.3 Å². The highest BCUT2D eigenvalue weighted by Gasteiger charge is 2.25. The number of thioether (sulfide) groups is 1. The van der Waals surface area contributed by atoms with Crippen molar-refractivity contribution in [2.75, 3.05) is 17.6 Å². The molecule has 1 saturated heterocycles. The second kappa shape index (κ2) is 7.40. The molecule has 106 valence electrons. The highest BCUT2D eigenvalue weighted by Crippen LogP contribution is 2.19. The van der Waals surface area contributed by atoms with Crippen LogP contribution < -0.4 is 5.32 Å². The maximum Gasteiger partial charge on any atom is 0.238 e. The number of thiocarbonyl (C=S) groups is 1. The van der Waals surface area contributed by atoms with E-state index in [1.807, 2.05) is 30.3 Å². The van der Waals surface area contributed by atoms with Crippen LogP contribution in [-0.2, 0) is 9.59 Å². The minimum Gasteiger partial charge on any atom is -0.326 e. The quantitative estimate of drug-likeness (QED) is 0.648. The van der Waals surface area contributed by atoms with E-state index in [1.54, 1.807) is 4.90 Å². The maximum absolute atomic E-state index is 11.7. The summed E-state index contributed by atoms with van der Waals surface area (Å²) in [5.41, 5.74) is 0.810. The smallest absolute Gasteiger partial charge is 0.238 e. The molecule has 0 unspecified atom stereocenters. The number of rotatable bonds is 6. The van der Waals surface area contributed by atoms with Crippen LogP contribution in [0.4, 0.5) is 5.69 Å². The number of carbonyl (C=O) groups excluding carboxylic acids is 2. The lowest BCUT2D eigenvalue weighted by Gasteiger charge is -2.14. The molecule has 2 rings (SSSR count). The SMILES string of the molecule is O=C(CCCCN1C(=O)CSC1=S)Nc1ccccc1. The van der Waals surface area contributed by atoms with Crippen LogP contribution in [0.3, 0.4) is 0 Å². The van der Waals surface area contributed by atoms with E-state index < -0.39 is 0 Å². The molecular formula is C14H16N2O2S2. The van der Waals surface area contributed by atoms with Crippen molar-refractivity contribution in [2.45, 2.75) is 19.3 Å². The average Bonchev–Trinajstić information content (AvgIpc) is 2.76. The number of nitrogens with zero attached hydrogens (tertiary/aromatic N) is 1. The first-order valence-electron chi connectivity index (χ1n) is 6.49. The van der Waals surface area contributed by atoms with E-state index in [9.17, 15) is 9.59 Å². The lowest BCUT2D eigenvalue weighted by Crippen LogP contribution is -2.29. The lowest BCUT2D eigenvalue weighted by molar-refractivity contribution is -0.124. The molecule has 1 fully saturated rings. The zero-order valence-electron chi connectivity index (χ0n) is 11.0. The molecule has 6 heteroatoms. The third-order valence-corrected chi connectivity index (χ3v) is 4.37. The Hall–Kier alpha value is -1.40. The summed E-state index contributed by atoms with van der Waals surface area (Å²) >= 11 is 6.50. The van der Waals surface area contributed by atoms with E-state index >= 15 is 0 Å². The van der Waals surface area contributed by atoms with Gasteiger partial charge in [-0.2, -0.15) is 0 Å². The molecule has 1 aromatic rings. The molecule has 0 radical (unpaired) electrons. The molecule has 1 aromatic carbocycles. The zero-order valence-corrected chi connectivity index (χ0v) is 12.6. The Morgan fingerprint density at radius 1 is 1.30 bits per heavy atom. The van der Waals surface area contributed by atoms with Gasteiger partial charge in [0.2, 0.25) is 11.8 Å². The van der Waals surface area contributed by atoms with Gasteiger partial charge in [0.15, 0.2) is 0 Å². The molecule has 1 heterocycles. The number of unbranched alkanes of at least 4 members (excludes halogenated alkanes) is 1. The molecule has 20 heavy (non-hydrogen) atoms. The molecule has 0 aliphatic carbocycles. The standard InChI is InChI=1S/C14H16N2O2S2/c17-12(15-11-6-2-1-3-7-11)8-4-5-9-16-13(18)10-20-14(16)19/h1-3,6-7H,4-5,8-10H2,(H,15,17). The van der Waals surface area contributed by atoms with Crippen LogP contribution in [0.15, 0.2) is 30.3 Å². The van der Waals surface area contributed by atoms with Gasteiger partial charge in [-0.05, 0) is 25.0 Å². The van der Waals surface area contributed by atoms with Crippen molar-refractivity contribution < 1.29 is 9.59 Å². The normalized spacial score (nSPS) is 14.7. The number of amides is 2. The van der Waals surface area contributed by atoms with Gasteiger partial charge in [0.25, 0.3) is 0 Å². The van der Waals surface area contributed by atoms with Crippen molar-refractivity contribution in [1.82, 2.24) is 4.90 Å². The highest BCUT2D eigenvalue weighted by atomic mass is 32.2. The van der Waals surface area contributed by atoms with Gasteiger partial charge in [0, 0.05) is 18.7 Å². The van der Waals surface area contributed by atoms with Gasteiger partial charge in [-0.3, -0.25) is 14.5 Å². The number of hydrogen-bond acceptors (Lipinski definition) is 4. The first-order chi connectivity index (χ1) is 9.66. The summed E-state index contributed by atoms with van der Waals surface area (Å²) in [6, 6.07) is 9.39. The Kier molecular flexibility index (Phi) is 5.55. The van der Waals surface area contributed by atoms with Crippen LogP contribution in [-0.4, -0.2) is 33.3 Å². The maximum atomic E-state index is 11.7. The summed E-state index contributed by atoms with van der Waals surface area (Å²) in [6.07, 6.45) is 1.99. The van der Waals surface area contributed by atoms with Gasteiger partial charge in [-0.25, -0.2) is 0 Å². The van der Waals surface area contributed by atoms with Gasteiger partial charge >= 0.3 is 0 Å². The molecule has 0 spiro atoms. The van der Waals surface area contributed by atoms with E-state index in [0.29, 0.717) is 23.0 Å². The Morgan fingerprint density at radius 2 is 2.05 bits per heavy atom. The number of carbonyl (C=O) groups is 2. The number of benzene rings is 1. The number of anilines is 1. The van der Waals surface area contributed by atoms with Crippen molar-refractivity contribution >= 4 is 45.8 Å². The Bertz CT molecular complexity index is 489. The van der Waals surface area contributed by atoms with Gasteiger partial charge in [-0.15, -0.1) is 0 Å². The Labute approximate surface area is 127 Å². The summed E-state index contributed by atoms with van der Waals surface area (Å²) in [5, 5.41) is 2.84. The molecule has 0 aromatic heterocycles. The predicted octanol–water partition coefficient (Wildman–Crippen LogP) is 2.66. The summed E-state index contributed by atoms with van der Waals surface area (Å²) in [6.45, 7) is 0.614. The average molecular weight is 308 g/mol. The van der Waals surface area contributed by atoms with Crippen LogP contribution in [0, 0.1) is 0 Å². The molecule has 4 nitrogen and oxygen atoms in total. The monoisotopic (exact) mass is 308 g/mol. The fourth-order valence-electron chi connectivity index (χ4n) is 1.90. The summed E-state index contributed by atoms with van der Waals surface area (Å²) in [5.74, 6) is 0.530. The topological polar surface area (TPSA) is 49.4 Å². The fourth-order valence-corrected chi connectivity index (χ4v) is 3.02. The van der Waals surface area contributed by atoms with Crippen molar-refractivity contribution in [3.8, 4) is 0 Å². The molecule has 1 N–H and O–H groups in total. The molecule has 0 atom stereocenters. The molecule has 0 bridgehead atoms. The molecule has 1 aliphatic rings. The van der Waals surface area contributed by atoms with Crippen LogP contribution >= 0.6 is 24.0 Å². The highest BCUT2D eigenvalue weighted by molar-refractivity contribution is 8.23. The van der Waals surface area contributed by atoms with Crippen LogP contribution in [0.1, 0.15) is 19.3 Å². The van der Waals surface area contributed by atoms with E-state index in [-0.39, 0.29) is 11.8 Å². The van der Waals surface area contributed by atoms with Crippen molar-refractivity contribution in [2.24, 2.45) is 0 Å². The molecule has 2 amide bonds. The van der Waals surface area contributed by atoms with Crippen LogP contribution in [0.2, 0.25) is 0 Å². The van der Waals surface area contributed by atoms with Crippen LogP contribution in [0.25, 0.3) is 0 Å². The second-order valence-electron chi connectivity index (χ2n) is 4.47. The van der Waals surface area contributed by atoms with E-state index in [2.05, 4.69) is 5.32 Å². The Morgan fingerprint density at radius 3 is 2.70 bits per heavy atom. The predicted molar refractivity (Wildman–Crippen MR) is 85.7 cm³/mol. The van der Waals surface area contributed by atoms with E-state index in [1.165, 1.54) is 11.8 Å². The zero-order chi connectivity index (χ0) is 14.4. The van der Waals surface area contributed by atoms with Gasteiger partial charge < -0.3 is 5.32 Å². The number of para-hydroxylation sites is 1. The number of nitrogens with one attached hydrogen (secondary N) is 1. The Balaban J connectivity index is 1.65.